The number of nitrogens with zero attached hydrogens (tertiary/aromatic N) is 1. The Balaban J connectivity index is 1.75. The van der Waals surface area contributed by atoms with Gasteiger partial charge in [-0.1, -0.05) is 24.3 Å². The molecule has 8 heteroatoms. The topological polar surface area (TPSA) is 90.1 Å². The maximum atomic E-state index is 13.0. The normalized spacial score (nSPS) is 15.9. The van der Waals surface area contributed by atoms with Gasteiger partial charge in [-0.15, -0.1) is 0 Å². The molecular formula is C27H30N2O6. The van der Waals surface area contributed by atoms with Gasteiger partial charge in [0.2, 0.25) is 0 Å². The Labute approximate surface area is 204 Å². The molecule has 0 bridgehead atoms. The lowest BCUT2D eigenvalue weighted by Crippen LogP contribution is -2.36. The Bertz CT molecular complexity index is 1230. The van der Waals surface area contributed by atoms with Crippen LogP contribution in [0.25, 0.3) is 16.5 Å². The molecule has 3 aromatic rings. The Morgan fingerprint density at radius 1 is 0.943 bits per heavy atom. The predicted molar refractivity (Wildman–Crippen MR) is 133 cm³/mol. The third-order valence-corrected chi connectivity index (χ3v) is 6.17. The first-order valence-corrected chi connectivity index (χ1v) is 11.6. The highest BCUT2D eigenvalue weighted by Crippen LogP contribution is 2.39. The van der Waals surface area contributed by atoms with Crippen LogP contribution in [-0.4, -0.2) is 56.4 Å². The Kier molecular flexibility index (Phi) is 7.60. The Morgan fingerprint density at radius 3 is 2.46 bits per heavy atom. The molecule has 4 rings (SSSR count). The summed E-state index contributed by atoms with van der Waals surface area (Å²) in [6.45, 7) is 0.982. The molecule has 0 atom stereocenters. The molecule has 1 aromatic heterocycles. The zero-order valence-corrected chi connectivity index (χ0v) is 20.3. The molecule has 0 radical (unpaired) electrons. The highest BCUT2D eigenvalue weighted by atomic mass is 16.6. The summed E-state index contributed by atoms with van der Waals surface area (Å²) in [4.78, 5) is 30.9. The summed E-state index contributed by atoms with van der Waals surface area (Å²) < 4.78 is 21.8. The molecule has 1 aliphatic rings. The average molecular weight is 479 g/mol. The summed E-state index contributed by atoms with van der Waals surface area (Å²) in [5.74, 6) is 1.22. The first-order valence-electron chi connectivity index (χ1n) is 11.6. The van der Waals surface area contributed by atoms with Gasteiger partial charge >= 0.3 is 12.1 Å². The molecule has 0 fully saturated rings. The van der Waals surface area contributed by atoms with Crippen LogP contribution in [0.4, 0.5) is 4.79 Å². The van der Waals surface area contributed by atoms with Crippen LogP contribution in [0.5, 0.6) is 17.2 Å². The number of hydrogen-bond acceptors (Lipinski definition) is 6. The van der Waals surface area contributed by atoms with E-state index in [1.807, 2.05) is 36.4 Å². The summed E-state index contributed by atoms with van der Waals surface area (Å²) in [6.07, 6.45) is 4.28. The number of benzene rings is 2. The fourth-order valence-electron chi connectivity index (χ4n) is 4.41. The zero-order valence-electron chi connectivity index (χ0n) is 20.3. The summed E-state index contributed by atoms with van der Waals surface area (Å²) in [5, 5.41) is 0.892. The number of aromatic nitrogens is 1. The number of para-hydroxylation sites is 1. The number of fused-ring (bicyclic) bond motifs is 3. The van der Waals surface area contributed by atoms with Crippen LogP contribution in [0.1, 0.15) is 30.5 Å². The van der Waals surface area contributed by atoms with Crippen LogP contribution in [0.3, 0.4) is 0 Å². The van der Waals surface area contributed by atoms with E-state index in [2.05, 4.69) is 4.98 Å². The smallest absolute Gasteiger partial charge is 0.415 e. The fourth-order valence-corrected chi connectivity index (χ4v) is 4.41. The lowest BCUT2D eigenvalue weighted by atomic mass is 10.0. The minimum absolute atomic E-state index is 0.391. The van der Waals surface area contributed by atoms with E-state index in [0.717, 1.165) is 29.3 Å². The van der Waals surface area contributed by atoms with Gasteiger partial charge < -0.3 is 28.8 Å². The van der Waals surface area contributed by atoms with Gasteiger partial charge in [0.25, 0.3) is 0 Å². The van der Waals surface area contributed by atoms with Crippen LogP contribution in [0, 0.1) is 0 Å². The Morgan fingerprint density at radius 2 is 1.74 bits per heavy atom. The van der Waals surface area contributed by atoms with Crippen LogP contribution < -0.4 is 14.2 Å². The standard InChI is InChI=1S/C27H30N2O6/c1-32-22-14-13-19-20-15-17-29(27(31)35-18-10-6-4-7-11-18)16-9-5-8-12-21(26(30)34-3)23(20)28-24(19)25(22)33-2/h4,6-7,10-14,28H,5,8-9,15-17H2,1-3H3/b21-12-. The number of amides is 1. The predicted octanol–water partition coefficient (Wildman–Crippen LogP) is 4.97. The van der Waals surface area contributed by atoms with Gasteiger partial charge in [-0.05, 0) is 55.5 Å². The molecule has 0 unspecified atom stereocenters. The van der Waals surface area contributed by atoms with Gasteiger partial charge in [-0.25, -0.2) is 9.59 Å². The molecule has 0 saturated carbocycles. The second-order valence-electron chi connectivity index (χ2n) is 8.23. The number of ether oxygens (including phenoxy) is 4. The van der Waals surface area contributed by atoms with Crippen molar-refractivity contribution in [2.75, 3.05) is 34.4 Å². The molecule has 184 valence electrons. The number of carbonyl (C=O) groups is 2. The third-order valence-electron chi connectivity index (χ3n) is 6.17. The van der Waals surface area contributed by atoms with E-state index in [9.17, 15) is 9.59 Å². The minimum Gasteiger partial charge on any atom is -0.493 e. The van der Waals surface area contributed by atoms with Crippen molar-refractivity contribution < 1.29 is 28.5 Å². The number of carbonyl (C=O) groups excluding carboxylic acids is 2. The highest BCUT2D eigenvalue weighted by Gasteiger charge is 2.25. The highest BCUT2D eigenvalue weighted by molar-refractivity contribution is 6.17. The Hall–Kier alpha value is -3.94. The number of hydrogen-bond donors (Lipinski definition) is 1. The zero-order chi connectivity index (χ0) is 24.8. The van der Waals surface area contributed by atoms with Crippen molar-refractivity contribution in [1.82, 2.24) is 9.88 Å². The fraction of sp³-hybridized carbons (Fsp3) is 0.333. The second kappa shape index (κ2) is 11.0. The number of H-pyrrole nitrogens is 1. The number of rotatable bonds is 4. The van der Waals surface area contributed by atoms with Crippen LogP contribution in [0.15, 0.2) is 48.5 Å². The first-order chi connectivity index (χ1) is 17.1. The monoisotopic (exact) mass is 478 g/mol. The van der Waals surface area contributed by atoms with E-state index in [4.69, 9.17) is 18.9 Å². The van der Waals surface area contributed by atoms with Gasteiger partial charge in [-0.2, -0.15) is 0 Å². The van der Waals surface area contributed by atoms with Gasteiger partial charge in [0.05, 0.1) is 38.1 Å². The lowest BCUT2D eigenvalue weighted by molar-refractivity contribution is -0.133. The van der Waals surface area contributed by atoms with E-state index < -0.39 is 12.1 Å². The molecule has 0 saturated heterocycles. The van der Waals surface area contributed by atoms with Crippen molar-refractivity contribution in [3.8, 4) is 17.2 Å². The van der Waals surface area contributed by atoms with Crippen LogP contribution >= 0.6 is 0 Å². The lowest BCUT2D eigenvalue weighted by Gasteiger charge is -2.22. The molecule has 8 nitrogen and oxygen atoms in total. The van der Waals surface area contributed by atoms with Crippen molar-refractivity contribution in [1.29, 1.82) is 0 Å². The van der Waals surface area contributed by atoms with Gasteiger partial charge in [0, 0.05) is 18.5 Å². The van der Waals surface area contributed by atoms with Crippen molar-refractivity contribution in [3.63, 3.8) is 0 Å². The molecule has 35 heavy (non-hydrogen) atoms. The van der Waals surface area contributed by atoms with E-state index in [-0.39, 0.29) is 0 Å². The van der Waals surface area contributed by atoms with E-state index >= 15 is 0 Å². The SMILES string of the molecule is COC(=O)/C1=C\CCCCN(C(=O)Oc2ccccc2)CCc2c1[nH]c1c(OC)c(OC)ccc21. The number of esters is 1. The molecule has 1 amide bonds. The number of nitrogens with one attached hydrogen (secondary N) is 1. The van der Waals surface area contributed by atoms with Crippen molar-refractivity contribution in [2.24, 2.45) is 0 Å². The van der Waals surface area contributed by atoms with Crippen molar-refractivity contribution >= 4 is 28.5 Å². The van der Waals surface area contributed by atoms with E-state index in [1.54, 1.807) is 31.3 Å². The minimum atomic E-state index is -0.414. The number of allylic oxidation sites excluding steroid dienone is 1. The molecular weight excluding hydrogens is 448 g/mol. The van der Waals surface area contributed by atoms with Crippen molar-refractivity contribution in [3.05, 3.63) is 59.8 Å². The molecule has 2 aromatic carbocycles. The quantitative estimate of drug-likeness (QED) is 0.533. The average Bonchev–Trinajstić information content (AvgIpc) is 3.23. The largest absolute Gasteiger partial charge is 0.493 e. The molecule has 0 spiro atoms. The maximum Gasteiger partial charge on any atom is 0.415 e. The van der Waals surface area contributed by atoms with Gasteiger partial charge in [0.15, 0.2) is 11.5 Å². The summed E-state index contributed by atoms with van der Waals surface area (Å²) >= 11 is 0. The molecule has 1 aliphatic heterocycles. The van der Waals surface area contributed by atoms with E-state index in [1.165, 1.54) is 7.11 Å². The number of methoxy groups -OCH3 is 3. The van der Waals surface area contributed by atoms with E-state index in [0.29, 0.717) is 54.4 Å². The maximum absolute atomic E-state index is 13.0. The summed E-state index contributed by atoms with van der Waals surface area (Å²) in [5.41, 5.74) is 2.76. The summed E-state index contributed by atoms with van der Waals surface area (Å²) in [6, 6.07) is 12.8. The third kappa shape index (κ3) is 5.11. The number of aromatic amines is 1. The van der Waals surface area contributed by atoms with Crippen LogP contribution in [0.2, 0.25) is 0 Å². The van der Waals surface area contributed by atoms with Crippen LogP contribution in [-0.2, 0) is 16.0 Å². The first kappa shape index (κ1) is 24.2. The molecule has 0 aliphatic carbocycles. The summed E-state index contributed by atoms with van der Waals surface area (Å²) in [7, 11) is 4.53. The van der Waals surface area contributed by atoms with Crippen molar-refractivity contribution in [2.45, 2.75) is 25.7 Å². The molecule has 2 heterocycles. The van der Waals surface area contributed by atoms with Gasteiger partial charge in [-0.3, -0.25) is 0 Å². The molecule has 1 N–H and O–H groups in total. The second-order valence-corrected chi connectivity index (χ2v) is 8.23. The van der Waals surface area contributed by atoms with Gasteiger partial charge in [0.1, 0.15) is 5.75 Å².